The summed E-state index contributed by atoms with van der Waals surface area (Å²) in [6.45, 7) is 13.7. The van der Waals surface area contributed by atoms with Crippen molar-refractivity contribution in [1.82, 2.24) is 15.0 Å². The molecule has 4 heteroatoms. The van der Waals surface area contributed by atoms with Gasteiger partial charge < -0.3 is 5.32 Å². The second-order valence-corrected chi connectivity index (χ2v) is 7.47. The minimum absolute atomic E-state index is 0.0332. The minimum atomic E-state index is -0.0332. The molecule has 0 bridgehead atoms. The van der Waals surface area contributed by atoms with Crippen LogP contribution in [0.3, 0.4) is 0 Å². The molecular weight excluding hydrogens is 260 g/mol. The number of hydrogen-bond acceptors (Lipinski definition) is 3. The normalized spacial score (nSPS) is 12.5. The van der Waals surface area contributed by atoms with Gasteiger partial charge >= 0.3 is 0 Å². The van der Waals surface area contributed by atoms with E-state index >= 15 is 0 Å². The summed E-state index contributed by atoms with van der Waals surface area (Å²) in [5.41, 5.74) is 3.51. The molecule has 1 aromatic heterocycles. The molecule has 114 valence electrons. The molecule has 1 aromatic carbocycles. The van der Waals surface area contributed by atoms with Gasteiger partial charge in [-0.3, -0.25) is 0 Å². The Morgan fingerprint density at radius 3 is 2.29 bits per heavy atom. The molecular formula is C17H26N4. The topological polar surface area (TPSA) is 42.7 Å². The third-order valence-electron chi connectivity index (χ3n) is 3.42. The van der Waals surface area contributed by atoms with Gasteiger partial charge in [0.05, 0.1) is 18.3 Å². The predicted molar refractivity (Wildman–Crippen MR) is 87.5 cm³/mol. The van der Waals surface area contributed by atoms with Crippen molar-refractivity contribution in [3.8, 4) is 0 Å². The monoisotopic (exact) mass is 286 g/mol. The molecule has 0 aliphatic carbocycles. The van der Waals surface area contributed by atoms with E-state index in [1.807, 2.05) is 10.9 Å². The number of aromatic nitrogens is 3. The molecule has 0 atom stereocenters. The average molecular weight is 286 g/mol. The van der Waals surface area contributed by atoms with Crippen molar-refractivity contribution in [2.24, 2.45) is 0 Å². The molecule has 0 saturated carbocycles. The lowest BCUT2D eigenvalue weighted by Gasteiger charge is -2.23. The fourth-order valence-corrected chi connectivity index (χ4v) is 2.18. The van der Waals surface area contributed by atoms with Crippen molar-refractivity contribution in [2.75, 3.05) is 5.32 Å². The Labute approximate surface area is 127 Å². The van der Waals surface area contributed by atoms with Gasteiger partial charge in [0.25, 0.3) is 0 Å². The predicted octanol–water partition coefficient (Wildman–Crippen LogP) is 3.94. The second-order valence-electron chi connectivity index (χ2n) is 7.47. The third kappa shape index (κ3) is 3.84. The number of hydrogen-bond donors (Lipinski definition) is 1. The first-order valence-electron chi connectivity index (χ1n) is 7.43. The molecule has 0 aliphatic rings. The molecule has 2 aromatic rings. The number of benzene rings is 1. The highest BCUT2D eigenvalue weighted by atomic mass is 15.4. The Kier molecular flexibility index (Phi) is 4.08. The first-order chi connectivity index (χ1) is 9.68. The van der Waals surface area contributed by atoms with Crippen LogP contribution in [0.1, 0.15) is 52.8 Å². The number of rotatable bonds is 3. The summed E-state index contributed by atoms with van der Waals surface area (Å²) in [7, 11) is 0. The van der Waals surface area contributed by atoms with Crippen LogP contribution in [0.25, 0.3) is 0 Å². The first-order valence-corrected chi connectivity index (χ1v) is 7.43. The Bertz CT molecular complexity index is 600. The molecule has 0 unspecified atom stereocenters. The summed E-state index contributed by atoms with van der Waals surface area (Å²) in [6, 6.07) is 8.44. The van der Waals surface area contributed by atoms with Gasteiger partial charge in [-0.1, -0.05) is 44.2 Å². The highest BCUT2D eigenvalue weighted by molar-refractivity contribution is 5.54. The van der Waals surface area contributed by atoms with Crippen LogP contribution in [0, 0.1) is 0 Å². The zero-order chi connectivity index (χ0) is 15.7. The molecule has 1 N–H and O–H groups in total. The smallest absolute Gasteiger partial charge is 0.102 e. The van der Waals surface area contributed by atoms with Crippen molar-refractivity contribution >= 4 is 5.69 Å². The fraction of sp³-hybridized carbons (Fsp3) is 0.529. The molecule has 0 fully saturated rings. The maximum Gasteiger partial charge on any atom is 0.102 e. The summed E-state index contributed by atoms with van der Waals surface area (Å²) >= 11 is 0. The van der Waals surface area contributed by atoms with Gasteiger partial charge in [0.1, 0.15) is 5.69 Å². The van der Waals surface area contributed by atoms with Crippen LogP contribution in [-0.4, -0.2) is 15.0 Å². The summed E-state index contributed by atoms with van der Waals surface area (Å²) in [5.74, 6) is 0. The van der Waals surface area contributed by atoms with E-state index in [0.717, 1.165) is 11.4 Å². The number of para-hydroxylation sites is 1. The van der Waals surface area contributed by atoms with Crippen LogP contribution in [0.5, 0.6) is 0 Å². The van der Waals surface area contributed by atoms with Crippen LogP contribution >= 0.6 is 0 Å². The van der Waals surface area contributed by atoms with Gasteiger partial charge in [0.15, 0.2) is 0 Å². The maximum atomic E-state index is 4.24. The zero-order valence-electron chi connectivity index (χ0n) is 13.9. The van der Waals surface area contributed by atoms with E-state index in [-0.39, 0.29) is 11.0 Å². The fourth-order valence-electron chi connectivity index (χ4n) is 2.18. The second kappa shape index (κ2) is 5.51. The van der Waals surface area contributed by atoms with Crippen LogP contribution in [0.2, 0.25) is 0 Å². The van der Waals surface area contributed by atoms with Crippen molar-refractivity contribution in [2.45, 2.75) is 59.0 Å². The van der Waals surface area contributed by atoms with Crippen molar-refractivity contribution in [3.63, 3.8) is 0 Å². The van der Waals surface area contributed by atoms with E-state index in [9.17, 15) is 0 Å². The van der Waals surface area contributed by atoms with E-state index in [0.29, 0.717) is 6.54 Å². The lowest BCUT2D eigenvalue weighted by Crippen LogP contribution is -2.22. The summed E-state index contributed by atoms with van der Waals surface area (Å²) in [5, 5.41) is 11.9. The zero-order valence-corrected chi connectivity index (χ0v) is 13.9. The lowest BCUT2D eigenvalue weighted by atomic mass is 9.86. The van der Waals surface area contributed by atoms with Gasteiger partial charge in [-0.2, -0.15) is 0 Å². The van der Waals surface area contributed by atoms with Gasteiger partial charge in [0.2, 0.25) is 0 Å². The molecule has 0 radical (unpaired) electrons. The molecule has 0 saturated heterocycles. The van der Waals surface area contributed by atoms with E-state index in [1.54, 1.807) is 0 Å². The molecule has 0 aliphatic heterocycles. The lowest BCUT2D eigenvalue weighted by molar-refractivity contribution is 0.347. The highest BCUT2D eigenvalue weighted by Crippen LogP contribution is 2.29. The molecule has 4 nitrogen and oxygen atoms in total. The van der Waals surface area contributed by atoms with Crippen molar-refractivity contribution in [1.29, 1.82) is 0 Å². The Hall–Kier alpha value is -1.84. The Morgan fingerprint density at radius 2 is 1.71 bits per heavy atom. The summed E-state index contributed by atoms with van der Waals surface area (Å²) in [6.07, 6.45) is 2.01. The molecule has 21 heavy (non-hydrogen) atoms. The van der Waals surface area contributed by atoms with E-state index < -0.39 is 0 Å². The number of nitrogens with one attached hydrogen (secondary N) is 1. The van der Waals surface area contributed by atoms with Crippen LogP contribution in [0.15, 0.2) is 30.5 Å². The Balaban J connectivity index is 2.12. The largest absolute Gasteiger partial charge is 0.379 e. The van der Waals surface area contributed by atoms with Gasteiger partial charge in [-0.05, 0) is 37.8 Å². The average Bonchev–Trinajstić information content (AvgIpc) is 2.84. The number of anilines is 1. The third-order valence-corrected chi connectivity index (χ3v) is 3.42. The maximum absolute atomic E-state index is 4.24. The number of nitrogens with zero attached hydrogens (tertiary/aromatic N) is 3. The molecule has 0 amide bonds. The van der Waals surface area contributed by atoms with E-state index in [1.165, 1.54) is 5.56 Å². The summed E-state index contributed by atoms with van der Waals surface area (Å²) < 4.78 is 1.90. The van der Waals surface area contributed by atoms with Gasteiger partial charge in [-0.25, -0.2) is 4.68 Å². The quantitative estimate of drug-likeness (QED) is 0.929. The van der Waals surface area contributed by atoms with Gasteiger partial charge in [-0.15, -0.1) is 5.10 Å². The van der Waals surface area contributed by atoms with Crippen LogP contribution in [-0.2, 0) is 17.5 Å². The van der Waals surface area contributed by atoms with Crippen LogP contribution in [0.4, 0.5) is 5.69 Å². The van der Waals surface area contributed by atoms with E-state index in [4.69, 9.17) is 0 Å². The highest BCUT2D eigenvalue weighted by Gasteiger charge is 2.18. The Morgan fingerprint density at radius 1 is 1.05 bits per heavy atom. The molecule has 2 rings (SSSR count). The van der Waals surface area contributed by atoms with Crippen molar-refractivity contribution < 1.29 is 0 Å². The standard InChI is InChI=1S/C17H26N4/c1-16(2,3)14-9-7-8-10-15(14)18-11-13-12-21(20-19-13)17(4,5)6/h7-10,12,18H,11H2,1-6H3. The van der Waals surface area contributed by atoms with Crippen molar-refractivity contribution in [3.05, 3.63) is 41.7 Å². The van der Waals surface area contributed by atoms with Crippen LogP contribution < -0.4 is 5.32 Å². The summed E-state index contributed by atoms with van der Waals surface area (Å²) in [4.78, 5) is 0. The van der Waals surface area contributed by atoms with Gasteiger partial charge in [0, 0.05) is 5.69 Å². The first kappa shape index (κ1) is 15.5. The minimum Gasteiger partial charge on any atom is -0.379 e. The molecule has 0 spiro atoms. The molecule has 1 heterocycles. The van der Waals surface area contributed by atoms with E-state index in [2.05, 4.69) is 81.4 Å². The SMILES string of the molecule is CC(C)(C)c1ccccc1NCc1cn(C(C)(C)C)nn1.